The average Bonchev–Trinajstić information content (AvgIpc) is 2.27. The maximum absolute atomic E-state index is 6.01. The number of benzene rings is 1. The van der Waals surface area contributed by atoms with Crippen molar-refractivity contribution in [1.82, 2.24) is 0 Å². The summed E-state index contributed by atoms with van der Waals surface area (Å²) in [7, 11) is 0. The molecule has 0 spiro atoms. The fourth-order valence-electron chi connectivity index (χ4n) is 1.52. The van der Waals surface area contributed by atoms with Crippen LogP contribution in [-0.2, 0) is 0 Å². The van der Waals surface area contributed by atoms with E-state index in [0.717, 1.165) is 17.9 Å². The number of rotatable bonds is 0. The van der Waals surface area contributed by atoms with Crippen LogP contribution in [-0.4, -0.2) is 6.61 Å². The highest BCUT2D eigenvalue weighted by Crippen LogP contribution is 2.32. The van der Waals surface area contributed by atoms with E-state index in [0.29, 0.717) is 5.92 Å². The molecule has 2 N–H and O–H groups in total. The van der Waals surface area contributed by atoms with Crippen LogP contribution in [0.15, 0.2) is 24.3 Å². The van der Waals surface area contributed by atoms with Crippen molar-refractivity contribution in [1.29, 1.82) is 0 Å². The number of para-hydroxylation sites is 1. The van der Waals surface area contributed by atoms with Gasteiger partial charge in [0.15, 0.2) is 0 Å². The quantitative estimate of drug-likeness (QED) is 0.687. The molecule has 1 aliphatic rings. The Hall–Kier alpha value is -1.02. The van der Waals surface area contributed by atoms with E-state index in [1.807, 2.05) is 38.1 Å². The molecular formula is C12H19NO. The molecule has 1 heterocycles. The van der Waals surface area contributed by atoms with Gasteiger partial charge in [-0.05, 0) is 6.07 Å². The first-order valence-electron chi connectivity index (χ1n) is 5.26. The fraction of sp³-hybridized carbons (Fsp3) is 0.500. The summed E-state index contributed by atoms with van der Waals surface area (Å²) in [6.07, 6.45) is 0. The Labute approximate surface area is 86.1 Å². The minimum absolute atomic E-state index is 0.134. The molecule has 0 unspecified atom stereocenters. The number of hydrogen-bond acceptors (Lipinski definition) is 2. The predicted molar refractivity (Wildman–Crippen MR) is 59.4 cm³/mol. The minimum Gasteiger partial charge on any atom is -0.493 e. The molecule has 2 nitrogen and oxygen atoms in total. The third kappa shape index (κ3) is 2.07. The maximum atomic E-state index is 6.01. The van der Waals surface area contributed by atoms with Crippen LogP contribution in [0, 0.1) is 5.92 Å². The Morgan fingerprint density at radius 1 is 1.29 bits per heavy atom. The monoisotopic (exact) mass is 193 g/mol. The first-order chi connectivity index (χ1) is 6.79. The largest absolute Gasteiger partial charge is 0.493 e. The van der Waals surface area contributed by atoms with E-state index in [1.54, 1.807) is 0 Å². The van der Waals surface area contributed by atoms with Gasteiger partial charge in [0.25, 0.3) is 0 Å². The van der Waals surface area contributed by atoms with E-state index >= 15 is 0 Å². The smallest absolute Gasteiger partial charge is 0.124 e. The Bertz CT molecular complexity index is 285. The zero-order valence-electron chi connectivity index (χ0n) is 9.16. The molecular weight excluding hydrogens is 174 g/mol. The first kappa shape index (κ1) is 11.1. The van der Waals surface area contributed by atoms with Crippen LogP contribution in [0.3, 0.4) is 0 Å². The maximum Gasteiger partial charge on any atom is 0.124 e. The summed E-state index contributed by atoms with van der Waals surface area (Å²) < 4.78 is 5.53. The van der Waals surface area contributed by atoms with E-state index in [2.05, 4.69) is 6.92 Å². The van der Waals surface area contributed by atoms with Gasteiger partial charge in [0, 0.05) is 17.5 Å². The summed E-state index contributed by atoms with van der Waals surface area (Å²) in [6.45, 7) is 6.85. The van der Waals surface area contributed by atoms with E-state index in [1.165, 1.54) is 0 Å². The average molecular weight is 193 g/mol. The highest BCUT2D eigenvalue weighted by molar-refractivity contribution is 5.37. The zero-order chi connectivity index (χ0) is 10.6. The number of nitrogens with two attached hydrogens (primary N) is 1. The third-order valence-electron chi connectivity index (χ3n) is 2.39. The van der Waals surface area contributed by atoms with E-state index in [-0.39, 0.29) is 6.04 Å². The van der Waals surface area contributed by atoms with Crippen molar-refractivity contribution in [2.45, 2.75) is 26.8 Å². The van der Waals surface area contributed by atoms with Crippen molar-refractivity contribution in [2.75, 3.05) is 6.61 Å². The molecule has 0 saturated carbocycles. The van der Waals surface area contributed by atoms with Gasteiger partial charge in [0.1, 0.15) is 5.75 Å². The lowest BCUT2D eigenvalue weighted by Gasteiger charge is -2.28. The molecule has 1 aromatic carbocycles. The summed E-state index contributed by atoms with van der Waals surface area (Å²) >= 11 is 0. The molecule has 0 fully saturated rings. The second kappa shape index (κ2) is 5.01. The van der Waals surface area contributed by atoms with Crippen molar-refractivity contribution in [3.05, 3.63) is 29.8 Å². The van der Waals surface area contributed by atoms with Crippen molar-refractivity contribution in [3.8, 4) is 5.75 Å². The number of fused-ring (bicyclic) bond motifs is 1. The Morgan fingerprint density at radius 3 is 2.64 bits per heavy atom. The van der Waals surface area contributed by atoms with Gasteiger partial charge in [0.05, 0.1) is 6.61 Å². The highest BCUT2D eigenvalue weighted by Gasteiger charge is 2.23. The van der Waals surface area contributed by atoms with Crippen LogP contribution < -0.4 is 10.5 Å². The Kier molecular flexibility index (Phi) is 3.96. The van der Waals surface area contributed by atoms with Crippen molar-refractivity contribution < 1.29 is 4.74 Å². The molecule has 0 aromatic heterocycles. The molecule has 2 heteroatoms. The second-order valence-corrected chi connectivity index (χ2v) is 3.35. The minimum atomic E-state index is 0.134. The van der Waals surface area contributed by atoms with Crippen LogP contribution in [0.1, 0.15) is 32.4 Å². The molecule has 0 saturated heterocycles. The van der Waals surface area contributed by atoms with Crippen molar-refractivity contribution >= 4 is 0 Å². The van der Waals surface area contributed by atoms with Gasteiger partial charge in [-0.1, -0.05) is 39.0 Å². The molecule has 2 atom stereocenters. The highest BCUT2D eigenvalue weighted by atomic mass is 16.5. The molecule has 1 aromatic rings. The van der Waals surface area contributed by atoms with Gasteiger partial charge >= 0.3 is 0 Å². The molecule has 0 bridgehead atoms. The van der Waals surface area contributed by atoms with Gasteiger partial charge in [-0.2, -0.15) is 0 Å². The van der Waals surface area contributed by atoms with Crippen molar-refractivity contribution in [3.63, 3.8) is 0 Å². The topological polar surface area (TPSA) is 35.2 Å². The Balaban J connectivity index is 0.000000461. The van der Waals surface area contributed by atoms with Crippen LogP contribution in [0.25, 0.3) is 0 Å². The summed E-state index contributed by atoms with van der Waals surface area (Å²) in [5.41, 5.74) is 7.15. The molecule has 14 heavy (non-hydrogen) atoms. The van der Waals surface area contributed by atoms with Gasteiger partial charge in [-0.25, -0.2) is 0 Å². The summed E-state index contributed by atoms with van der Waals surface area (Å²) in [5, 5.41) is 0. The van der Waals surface area contributed by atoms with Crippen LogP contribution >= 0.6 is 0 Å². The lowest BCUT2D eigenvalue weighted by molar-refractivity contribution is 0.207. The number of ether oxygens (including phenoxy) is 1. The van der Waals surface area contributed by atoms with E-state index in [9.17, 15) is 0 Å². The summed E-state index contributed by atoms with van der Waals surface area (Å²) in [6, 6.07) is 8.12. The molecule has 0 aliphatic carbocycles. The first-order valence-corrected chi connectivity index (χ1v) is 5.26. The lowest BCUT2D eigenvalue weighted by Crippen LogP contribution is -2.29. The molecule has 2 rings (SSSR count). The summed E-state index contributed by atoms with van der Waals surface area (Å²) in [4.78, 5) is 0. The number of hydrogen-bond donors (Lipinski definition) is 1. The lowest BCUT2D eigenvalue weighted by atomic mass is 9.93. The normalized spacial score (nSPS) is 24.0. The third-order valence-corrected chi connectivity index (χ3v) is 2.39. The van der Waals surface area contributed by atoms with Gasteiger partial charge in [0.2, 0.25) is 0 Å². The van der Waals surface area contributed by atoms with Crippen molar-refractivity contribution in [2.24, 2.45) is 11.7 Å². The zero-order valence-corrected chi connectivity index (χ0v) is 9.16. The molecule has 0 radical (unpaired) electrons. The van der Waals surface area contributed by atoms with Gasteiger partial charge in [-0.15, -0.1) is 0 Å². The standard InChI is InChI=1S/C10H13NO.C2H6/c1-7-6-12-9-5-3-2-4-8(9)10(7)11;1-2/h2-5,7,10H,6,11H2,1H3;1-2H3/t7-,10-;/m1./s1. The fourth-order valence-corrected chi connectivity index (χ4v) is 1.52. The van der Waals surface area contributed by atoms with E-state index in [4.69, 9.17) is 10.5 Å². The molecule has 1 aliphatic heterocycles. The van der Waals surface area contributed by atoms with Crippen LogP contribution in [0.5, 0.6) is 5.75 Å². The van der Waals surface area contributed by atoms with Gasteiger partial charge < -0.3 is 10.5 Å². The van der Waals surface area contributed by atoms with Gasteiger partial charge in [-0.3, -0.25) is 0 Å². The SMILES string of the molecule is CC.C[C@@H]1COc2ccccc2[C@@H]1N. The molecule has 78 valence electrons. The van der Waals surface area contributed by atoms with Crippen LogP contribution in [0.2, 0.25) is 0 Å². The Morgan fingerprint density at radius 2 is 1.93 bits per heavy atom. The van der Waals surface area contributed by atoms with Crippen LogP contribution in [0.4, 0.5) is 0 Å². The summed E-state index contributed by atoms with van der Waals surface area (Å²) in [5.74, 6) is 1.36. The molecule has 0 amide bonds. The van der Waals surface area contributed by atoms with E-state index < -0.39 is 0 Å². The second-order valence-electron chi connectivity index (χ2n) is 3.35. The predicted octanol–water partition coefficient (Wildman–Crippen LogP) is 2.74.